The van der Waals surface area contributed by atoms with Crippen LogP contribution in [0.3, 0.4) is 0 Å². The lowest BCUT2D eigenvalue weighted by molar-refractivity contribution is -0.136. The predicted molar refractivity (Wildman–Crippen MR) is 41.5 cm³/mol. The Morgan fingerprint density at radius 1 is 1.91 bits per heavy atom. The smallest absolute Gasteiger partial charge is 0.335 e. The molecule has 0 bridgehead atoms. The highest BCUT2D eigenvalue weighted by Gasteiger charge is 2.16. The third-order valence-electron chi connectivity index (χ3n) is 1.49. The van der Waals surface area contributed by atoms with E-state index in [-0.39, 0.29) is 0 Å². The molecule has 1 unspecified atom stereocenters. The van der Waals surface area contributed by atoms with Gasteiger partial charge in [0, 0.05) is 13.5 Å². The molecule has 0 aliphatic carbocycles. The number of rotatable bonds is 1. The molecule has 0 aromatic rings. The van der Waals surface area contributed by atoms with Crippen molar-refractivity contribution in [3.63, 3.8) is 0 Å². The van der Waals surface area contributed by atoms with E-state index in [9.17, 15) is 4.79 Å². The lowest BCUT2D eigenvalue weighted by Crippen LogP contribution is -2.17. The van der Waals surface area contributed by atoms with E-state index in [4.69, 9.17) is 1.37 Å². The minimum absolute atomic E-state index is 0.313. The number of methoxy groups -OCH3 is 1. The zero-order chi connectivity index (χ0) is 9.19. The molecule has 0 aromatic heterocycles. The predicted octanol–water partition coefficient (Wildman–Crippen LogP) is 0.796. The van der Waals surface area contributed by atoms with Crippen molar-refractivity contribution in [2.75, 3.05) is 7.11 Å². The highest BCUT2D eigenvalue weighted by molar-refractivity contribution is 5.89. The van der Waals surface area contributed by atoms with Gasteiger partial charge in [-0.1, -0.05) is 13.0 Å². The Morgan fingerprint density at radius 2 is 2.64 bits per heavy atom. The number of hydrogen-bond donors (Lipinski definition) is 1. The number of carbonyl (C=O) groups excluding carboxylic acids is 1. The Hall–Kier alpha value is -1.25. The van der Waals surface area contributed by atoms with Crippen LogP contribution in [0.25, 0.3) is 0 Å². The second kappa shape index (κ2) is 3.23. The number of hydrogen-bond acceptors (Lipinski definition) is 3. The van der Waals surface area contributed by atoms with Gasteiger partial charge in [0.05, 0.1) is 12.7 Å². The van der Waals surface area contributed by atoms with Gasteiger partial charge >= 0.3 is 5.97 Å². The van der Waals surface area contributed by atoms with Crippen LogP contribution in [0.15, 0.2) is 24.0 Å². The molecule has 11 heavy (non-hydrogen) atoms. The van der Waals surface area contributed by atoms with Crippen LogP contribution < -0.4 is 5.32 Å². The summed E-state index contributed by atoms with van der Waals surface area (Å²) in [4.78, 5) is 11.1. The van der Waals surface area contributed by atoms with Crippen molar-refractivity contribution in [3.8, 4) is 0 Å². The summed E-state index contributed by atoms with van der Waals surface area (Å²) in [5, 5.41) is 2.74. The molecule has 1 aliphatic heterocycles. The maximum Gasteiger partial charge on any atom is 0.335 e. The number of allylic oxidation sites excluding steroid dienone is 1. The summed E-state index contributed by atoms with van der Waals surface area (Å²) in [6, 6.07) is 0. The van der Waals surface area contributed by atoms with Gasteiger partial charge in [0.25, 0.3) is 0 Å². The van der Waals surface area contributed by atoms with E-state index in [2.05, 4.69) is 10.1 Å². The van der Waals surface area contributed by atoms with Gasteiger partial charge in [0.15, 0.2) is 0 Å². The van der Waals surface area contributed by atoms with E-state index < -0.39 is 11.9 Å². The largest absolute Gasteiger partial charge is 0.466 e. The minimum Gasteiger partial charge on any atom is -0.466 e. The first kappa shape index (κ1) is 6.46. The molecule has 0 saturated carbocycles. The number of carbonyl (C=O) groups is 1. The first-order valence-corrected chi connectivity index (χ1v) is 3.30. The molecule has 1 heterocycles. The lowest BCUT2D eigenvalue weighted by atomic mass is 10.0. The van der Waals surface area contributed by atoms with Gasteiger partial charge < -0.3 is 10.1 Å². The van der Waals surface area contributed by atoms with Crippen LogP contribution in [0, 0.1) is 5.89 Å². The zero-order valence-electron chi connectivity index (χ0n) is 7.55. The minimum atomic E-state index is -0.988. The lowest BCUT2D eigenvalue weighted by Gasteiger charge is -2.13. The average molecular weight is 154 g/mol. The molecule has 60 valence electrons. The van der Waals surface area contributed by atoms with E-state index in [1.165, 1.54) is 13.3 Å². The van der Waals surface area contributed by atoms with Gasteiger partial charge in [0.1, 0.15) is 0 Å². The number of dihydropyridines is 1. The fraction of sp³-hybridized carbons (Fsp3) is 0.375. The summed E-state index contributed by atoms with van der Waals surface area (Å²) in [6.07, 6.45) is 4.71. The molecule has 1 aliphatic rings. The van der Waals surface area contributed by atoms with Crippen LogP contribution in [0.1, 0.15) is 8.29 Å². The van der Waals surface area contributed by atoms with Gasteiger partial charge in [-0.3, -0.25) is 0 Å². The van der Waals surface area contributed by atoms with Crippen LogP contribution in [0.5, 0.6) is 0 Å². The number of ether oxygens (including phenoxy) is 1. The van der Waals surface area contributed by atoms with Crippen molar-refractivity contribution in [2.45, 2.75) is 6.92 Å². The molecule has 0 saturated heterocycles. The Labute approximate surface area is 67.1 Å². The molecular formula is C8H11NO2. The molecular weight excluding hydrogens is 142 g/mol. The molecule has 1 atom stereocenters. The van der Waals surface area contributed by atoms with Gasteiger partial charge in [-0.05, 0) is 6.20 Å². The third kappa shape index (κ3) is 1.61. The van der Waals surface area contributed by atoms with Gasteiger partial charge in [-0.15, -0.1) is 0 Å². The second-order valence-electron chi connectivity index (χ2n) is 2.23. The summed E-state index contributed by atoms with van der Waals surface area (Å²) in [5.41, 5.74) is 0.313. The SMILES string of the molecule is [2H]C1(C)C=CNC=C1C(=O)OC. The van der Waals surface area contributed by atoms with Crippen LogP contribution >= 0.6 is 0 Å². The molecule has 1 rings (SSSR count). The highest BCUT2D eigenvalue weighted by Crippen LogP contribution is 2.14. The van der Waals surface area contributed by atoms with E-state index >= 15 is 0 Å². The zero-order valence-corrected chi connectivity index (χ0v) is 6.55. The highest BCUT2D eigenvalue weighted by atomic mass is 16.5. The van der Waals surface area contributed by atoms with Crippen LogP contribution in [0.2, 0.25) is 0 Å². The third-order valence-corrected chi connectivity index (χ3v) is 1.49. The van der Waals surface area contributed by atoms with Crippen LogP contribution in [-0.2, 0) is 9.53 Å². The molecule has 0 fully saturated rings. The number of nitrogens with one attached hydrogen (secondary N) is 1. The van der Waals surface area contributed by atoms with Crippen molar-refractivity contribution < 1.29 is 10.9 Å². The molecule has 1 N–H and O–H groups in total. The molecule has 3 nitrogen and oxygen atoms in total. The van der Waals surface area contributed by atoms with E-state index in [0.29, 0.717) is 5.57 Å². The van der Waals surface area contributed by atoms with Crippen molar-refractivity contribution >= 4 is 5.97 Å². The molecule has 0 aromatic carbocycles. The summed E-state index contributed by atoms with van der Waals surface area (Å²) >= 11 is 0. The normalized spacial score (nSPS) is 30.0. The summed E-state index contributed by atoms with van der Waals surface area (Å²) in [5.74, 6) is -1.46. The quantitative estimate of drug-likeness (QED) is 0.568. The first-order chi connectivity index (χ1) is 5.58. The van der Waals surface area contributed by atoms with Crippen molar-refractivity contribution in [3.05, 3.63) is 24.0 Å². The van der Waals surface area contributed by atoms with Crippen LogP contribution in [0.4, 0.5) is 0 Å². The van der Waals surface area contributed by atoms with Crippen LogP contribution in [-0.4, -0.2) is 13.1 Å². The second-order valence-corrected chi connectivity index (χ2v) is 2.23. The van der Waals surface area contributed by atoms with E-state index in [1.54, 1.807) is 19.2 Å². The Morgan fingerprint density at radius 3 is 3.18 bits per heavy atom. The Bertz CT molecular complexity index is 256. The molecule has 3 heteroatoms. The monoisotopic (exact) mass is 154 g/mol. The first-order valence-electron chi connectivity index (χ1n) is 3.80. The molecule has 0 amide bonds. The van der Waals surface area contributed by atoms with E-state index in [0.717, 1.165) is 0 Å². The average Bonchev–Trinajstić information content (AvgIpc) is 2.02. The topological polar surface area (TPSA) is 38.3 Å². The fourth-order valence-corrected chi connectivity index (χ4v) is 0.838. The molecule has 0 spiro atoms. The Kier molecular flexibility index (Phi) is 1.90. The maximum absolute atomic E-state index is 11.1. The van der Waals surface area contributed by atoms with Crippen molar-refractivity contribution in [1.29, 1.82) is 0 Å². The standard InChI is InChI=1S/C8H11NO2/c1-6-3-4-9-5-7(6)8(10)11-2/h3-6,9H,1-2H3/i6D. The number of esters is 1. The molecule has 0 radical (unpaired) electrons. The summed E-state index contributed by atoms with van der Waals surface area (Å²) in [6.45, 7) is 1.63. The summed E-state index contributed by atoms with van der Waals surface area (Å²) < 4.78 is 12.2. The van der Waals surface area contributed by atoms with Crippen molar-refractivity contribution in [2.24, 2.45) is 5.89 Å². The van der Waals surface area contributed by atoms with Crippen molar-refractivity contribution in [1.82, 2.24) is 5.32 Å². The fourth-order valence-electron chi connectivity index (χ4n) is 0.838. The van der Waals surface area contributed by atoms with Gasteiger partial charge in [0.2, 0.25) is 0 Å². The van der Waals surface area contributed by atoms with E-state index in [1.807, 2.05) is 0 Å². The van der Waals surface area contributed by atoms with Gasteiger partial charge in [-0.25, -0.2) is 4.79 Å². The Balaban J connectivity index is 2.89. The van der Waals surface area contributed by atoms with Gasteiger partial charge in [-0.2, -0.15) is 0 Å². The summed E-state index contributed by atoms with van der Waals surface area (Å²) in [7, 11) is 1.30. The maximum atomic E-state index is 11.1.